The van der Waals surface area contributed by atoms with Crippen molar-refractivity contribution in [1.29, 1.82) is 0 Å². The Balaban J connectivity index is 3.30. The molecule has 0 unspecified atom stereocenters. The zero-order valence-corrected chi connectivity index (χ0v) is 14.9. The summed E-state index contributed by atoms with van der Waals surface area (Å²) >= 11 is 0. The molecule has 0 bridgehead atoms. The number of hydrogen-bond acceptors (Lipinski definition) is 2. The standard InChI is InChI=1S/C19H37NO2/c1-3-5-7-10-14-18(21)15-11-9-12-16-19(22)20-17-13-8-6-4-2/h3-17H2,1-2H3,(H,20,22). The van der Waals surface area contributed by atoms with E-state index < -0.39 is 0 Å². The molecule has 0 aliphatic heterocycles. The fraction of sp³-hybridized carbons (Fsp3) is 0.895. The number of amides is 1. The quantitative estimate of drug-likeness (QED) is 0.400. The molecular weight excluding hydrogens is 274 g/mol. The SMILES string of the molecule is CCCCCCNC(=O)CCCCCC(=O)CCCCCC. The van der Waals surface area contributed by atoms with Gasteiger partial charge >= 0.3 is 0 Å². The molecule has 1 N–H and O–H groups in total. The Morgan fingerprint density at radius 1 is 0.636 bits per heavy atom. The summed E-state index contributed by atoms with van der Waals surface area (Å²) in [5.74, 6) is 0.568. The molecule has 0 spiro atoms. The summed E-state index contributed by atoms with van der Waals surface area (Å²) in [6.45, 7) is 5.19. The van der Waals surface area contributed by atoms with Crippen molar-refractivity contribution in [3.63, 3.8) is 0 Å². The van der Waals surface area contributed by atoms with Gasteiger partial charge in [-0.2, -0.15) is 0 Å². The third-order valence-corrected chi connectivity index (χ3v) is 4.02. The average molecular weight is 312 g/mol. The second-order valence-corrected chi connectivity index (χ2v) is 6.32. The molecule has 0 aliphatic carbocycles. The number of Topliss-reactive ketones (excluding diaryl/α,β-unsaturated/α-hetero) is 1. The zero-order chi connectivity index (χ0) is 16.5. The van der Waals surface area contributed by atoms with Crippen LogP contribution < -0.4 is 5.32 Å². The van der Waals surface area contributed by atoms with Crippen LogP contribution in [-0.4, -0.2) is 18.2 Å². The Bertz CT molecular complexity index is 277. The number of carbonyl (C=O) groups is 2. The van der Waals surface area contributed by atoms with Gasteiger partial charge in [0.1, 0.15) is 5.78 Å². The lowest BCUT2D eigenvalue weighted by molar-refractivity contribution is -0.121. The molecule has 0 atom stereocenters. The second-order valence-electron chi connectivity index (χ2n) is 6.32. The summed E-state index contributed by atoms with van der Waals surface area (Å²) in [7, 11) is 0. The van der Waals surface area contributed by atoms with Gasteiger partial charge in [-0.15, -0.1) is 0 Å². The topological polar surface area (TPSA) is 46.2 Å². The van der Waals surface area contributed by atoms with Gasteiger partial charge in [0, 0.05) is 25.8 Å². The Labute approximate surface area is 137 Å². The van der Waals surface area contributed by atoms with Gasteiger partial charge in [0.25, 0.3) is 0 Å². The van der Waals surface area contributed by atoms with E-state index in [4.69, 9.17) is 0 Å². The highest BCUT2D eigenvalue weighted by Gasteiger charge is 2.03. The maximum absolute atomic E-state index is 11.7. The van der Waals surface area contributed by atoms with Crippen molar-refractivity contribution in [3.8, 4) is 0 Å². The summed E-state index contributed by atoms with van der Waals surface area (Å²) in [6.07, 6.45) is 14.4. The number of ketones is 1. The molecule has 1 amide bonds. The van der Waals surface area contributed by atoms with Gasteiger partial charge in [-0.1, -0.05) is 58.8 Å². The van der Waals surface area contributed by atoms with Crippen LogP contribution in [0, 0.1) is 0 Å². The predicted octanol–water partition coefficient (Wildman–Crippen LogP) is 5.17. The number of nitrogens with one attached hydrogen (secondary N) is 1. The number of hydrogen-bond donors (Lipinski definition) is 1. The fourth-order valence-corrected chi connectivity index (χ4v) is 2.53. The molecule has 0 aliphatic rings. The van der Waals surface area contributed by atoms with E-state index in [-0.39, 0.29) is 5.91 Å². The van der Waals surface area contributed by atoms with E-state index in [1.165, 1.54) is 38.5 Å². The molecule has 22 heavy (non-hydrogen) atoms. The largest absolute Gasteiger partial charge is 0.356 e. The van der Waals surface area contributed by atoms with E-state index >= 15 is 0 Å². The maximum atomic E-state index is 11.7. The molecule has 0 rings (SSSR count). The van der Waals surface area contributed by atoms with E-state index in [9.17, 15) is 9.59 Å². The first kappa shape index (κ1) is 21.1. The lowest BCUT2D eigenvalue weighted by atomic mass is 10.0. The van der Waals surface area contributed by atoms with Gasteiger partial charge in [0.15, 0.2) is 0 Å². The molecule has 0 fully saturated rings. The van der Waals surface area contributed by atoms with Crippen LogP contribution in [-0.2, 0) is 9.59 Å². The monoisotopic (exact) mass is 311 g/mol. The molecular formula is C19H37NO2. The molecule has 0 saturated heterocycles. The summed E-state index contributed by atoms with van der Waals surface area (Å²) in [5, 5.41) is 2.98. The van der Waals surface area contributed by atoms with Crippen LogP contribution in [0.2, 0.25) is 0 Å². The molecule has 3 nitrogen and oxygen atoms in total. The van der Waals surface area contributed by atoms with Crippen molar-refractivity contribution in [2.24, 2.45) is 0 Å². The minimum atomic E-state index is 0.169. The van der Waals surface area contributed by atoms with Crippen LogP contribution in [0.5, 0.6) is 0 Å². The van der Waals surface area contributed by atoms with Gasteiger partial charge < -0.3 is 5.32 Å². The van der Waals surface area contributed by atoms with Crippen LogP contribution in [0.25, 0.3) is 0 Å². The molecule has 3 heteroatoms. The van der Waals surface area contributed by atoms with E-state index in [0.717, 1.165) is 45.1 Å². The molecule has 0 aromatic heterocycles. The van der Waals surface area contributed by atoms with Crippen LogP contribution in [0.1, 0.15) is 104 Å². The molecule has 0 aromatic rings. The summed E-state index contributed by atoms with van der Waals surface area (Å²) in [6, 6.07) is 0. The van der Waals surface area contributed by atoms with Gasteiger partial charge in [-0.3, -0.25) is 9.59 Å². The number of carbonyl (C=O) groups excluding carboxylic acids is 2. The highest BCUT2D eigenvalue weighted by Crippen LogP contribution is 2.09. The van der Waals surface area contributed by atoms with Gasteiger partial charge in [0.2, 0.25) is 5.91 Å². The fourth-order valence-electron chi connectivity index (χ4n) is 2.53. The summed E-state index contributed by atoms with van der Waals surface area (Å²) < 4.78 is 0. The van der Waals surface area contributed by atoms with E-state index in [1.54, 1.807) is 0 Å². The third-order valence-electron chi connectivity index (χ3n) is 4.02. The average Bonchev–Trinajstić information content (AvgIpc) is 2.51. The Morgan fingerprint density at radius 2 is 1.14 bits per heavy atom. The molecule has 0 saturated carbocycles. The molecule has 0 aromatic carbocycles. The highest BCUT2D eigenvalue weighted by atomic mass is 16.1. The normalized spacial score (nSPS) is 10.6. The lowest BCUT2D eigenvalue weighted by Crippen LogP contribution is -2.23. The first-order chi connectivity index (χ1) is 10.7. The van der Waals surface area contributed by atoms with E-state index in [1.807, 2.05) is 0 Å². The molecule has 0 heterocycles. The Hall–Kier alpha value is -0.860. The molecule has 0 radical (unpaired) electrons. The Morgan fingerprint density at radius 3 is 1.73 bits per heavy atom. The Kier molecular flexibility index (Phi) is 15.9. The van der Waals surface area contributed by atoms with Crippen molar-refractivity contribution in [2.75, 3.05) is 6.54 Å². The van der Waals surface area contributed by atoms with Crippen molar-refractivity contribution in [3.05, 3.63) is 0 Å². The third kappa shape index (κ3) is 15.5. The van der Waals surface area contributed by atoms with E-state index in [0.29, 0.717) is 18.6 Å². The molecule has 130 valence electrons. The van der Waals surface area contributed by atoms with Gasteiger partial charge in [-0.05, 0) is 25.7 Å². The maximum Gasteiger partial charge on any atom is 0.219 e. The van der Waals surface area contributed by atoms with Crippen molar-refractivity contribution < 1.29 is 9.59 Å². The summed E-state index contributed by atoms with van der Waals surface area (Å²) in [5.41, 5.74) is 0. The van der Waals surface area contributed by atoms with Crippen LogP contribution in [0.15, 0.2) is 0 Å². The predicted molar refractivity (Wildman–Crippen MR) is 94.0 cm³/mol. The van der Waals surface area contributed by atoms with Crippen LogP contribution in [0.4, 0.5) is 0 Å². The minimum absolute atomic E-state index is 0.169. The smallest absolute Gasteiger partial charge is 0.219 e. The van der Waals surface area contributed by atoms with E-state index in [2.05, 4.69) is 19.2 Å². The minimum Gasteiger partial charge on any atom is -0.356 e. The number of rotatable bonds is 16. The second kappa shape index (κ2) is 16.5. The number of unbranched alkanes of at least 4 members (excludes halogenated alkanes) is 8. The van der Waals surface area contributed by atoms with Crippen LogP contribution >= 0.6 is 0 Å². The van der Waals surface area contributed by atoms with Gasteiger partial charge in [-0.25, -0.2) is 0 Å². The first-order valence-corrected chi connectivity index (χ1v) is 9.49. The zero-order valence-electron chi connectivity index (χ0n) is 14.9. The van der Waals surface area contributed by atoms with Crippen molar-refractivity contribution in [2.45, 2.75) is 104 Å². The van der Waals surface area contributed by atoms with Gasteiger partial charge in [0.05, 0.1) is 0 Å². The highest BCUT2D eigenvalue weighted by molar-refractivity contribution is 5.78. The lowest BCUT2D eigenvalue weighted by Gasteiger charge is -2.05. The van der Waals surface area contributed by atoms with Crippen LogP contribution in [0.3, 0.4) is 0 Å². The van der Waals surface area contributed by atoms with Crippen molar-refractivity contribution >= 4 is 11.7 Å². The summed E-state index contributed by atoms with van der Waals surface area (Å²) in [4.78, 5) is 23.2. The van der Waals surface area contributed by atoms with Crippen molar-refractivity contribution in [1.82, 2.24) is 5.32 Å². The first-order valence-electron chi connectivity index (χ1n) is 9.49.